The fraction of sp³-hybridized carbons (Fsp3) is 0.525. The van der Waals surface area contributed by atoms with Crippen molar-refractivity contribution < 1.29 is 43.8 Å². The third-order valence-corrected chi connectivity index (χ3v) is 10.5. The van der Waals surface area contributed by atoms with Gasteiger partial charge in [-0.25, -0.2) is 4.79 Å². The van der Waals surface area contributed by atoms with Gasteiger partial charge in [0.1, 0.15) is 30.2 Å². The molecular weight excluding hydrogens is 727 g/mol. The lowest BCUT2D eigenvalue weighted by molar-refractivity contribution is -0.142. The predicted octanol–water partition coefficient (Wildman–Crippen LogP) is 3.16. The number of carboxylic acids is 2. The number of carbonyl (C=O) groups excluding carboxylic acids is 5. The summed E-state index contributed by atoms with van der Waals surface area (Å²) >= 11 is 4.06. The van der Waals surface area contributed by atoms with Gasteiger partial charge >= 0.3 is 11.9 Å². The van der Waals surface area contributed by atoms with Crippen molar-refractivity contribution in [1.29, 1.82) is 0 Å². The molecule has 0 aromatic heterocycles. The van der Waals surface area contributed by atoms with Crippen LogP contribution in [0.15, 0.2) is 60.7 Å². The summed E-state index contributed by atoms with van der Waals surface area (Å²) in [7, 11) is 0. The molecule has 7 N–H and O–H groups in total. The fourth-order valence-corrected chi connectivity index (χ4v) is 7.13. The zero-order chi connectivity index (χ0) is 40.5. The van der Waals surface area contributed by atoms with Gasteiger partial charge in [-0.3, -0.25) is 28.8 Å². The molecule has 0 radical (unpaired) electrons. The average Bonchev–Trinajstić information content (AvgIpc) is 3.17. The van der Waals surface area contributed by atoms with Crippen LogP contribution < -0.4 is 26.6 Å². The van der Waals surface area contributed by atoms with Crippen LogP contribution in [0.25, 0.3) is 0 Å². The quantitative estimate of drug-likeness (QED) is 0.0871. The Morgan fingerprint density at radius 3 is 1.69 bits per heavy atom. The van der Waals surface area contributed by atoms with Crippen molar-refractivity contribution in [2.24, 2.45) is 11.8 Å². The Morgan fingerprint density at radius 2 is 1.20 bits per heavy atom. The minimum Gasteiger partial charge on any atom is -0.481 e. The van der Waals surface area contributed by atoms with Gasteiger partial charge in [0.15, 0.2) is 0 Å². The van der Waals surface area contributed by atoms with Gasteiger partial charge in [-0.1, -0.05) is 113 Å². The molecule has 0 saturated heterocycles. The fourth-order valence-electron chi connectivity index (χ4n) is 6.89. The molecule has 0 unspecified atom stereocenters. The van der Waals surface area contributed by atoms with E-state index in [-0.39, 0.29) is 24.5 Å². The van der Waals surface area contributed by atoms with Crippen molar-refractivity contribution >= 4 is 54.1 Å². The zero-order valence-electron chi connectivity index (χ0n) is 31.7. The van der Waals surface area contributed by atoms with E-state index >= 15 is 0 Å². The molecule has 2 aromatic carbocycles. The van der Waals surface area contributed by atoms with Crippen molar-refractivity contribution in [3.8, 4) is 0 Å². The van der Waals surface area contributed by atoms with Gasteiger partial charge in [0.25, 0.3) is 0 Å². The molecule has 15 heteroatoms. The number of benzene rings is 2. The number of hydrogen-bond donors (Lipinski definition) is 8. The second kappa shape index (κ2) is 22.5. The maximum atomic E-state index is 14.7. The molecule has 0 bridgehead atoms. The summed E-state index contributed by atoms with van der Waals surface area (Å²) in [5.74, 6) is -7.17. The Kier molecular flexibility index (Phi) is 18.2. The van der Waals surface area contributed by atoms with Gasteiger partial charge in [-0.05, 0) is 35.8 Å². The normalized spacial score (nSPS) is 16.3. The first-order valence-electron chi connectivity index (χ1n) is 18.9. The van der Waals surface area contributed by atoms with E-state index in [1.165, 1.54) is 6.92 Å². The molecule has 300 valence electrons. The lowest BCUT2D eigenvalue weighted by Gasteiger charge is -2.33. The van der Waals surface area contributed by atoms with Crippen LogP contribution in [0.4, 0.5) is 0 Å². The first-order valence-corrected chi connectivity index (χ1v) is 19.5. The van der Waals surface area contributed by atoms with E-state index in [1.54, 1.807) is 67.6 Å². The Bertz CT molecular complexity index is 1570. The summed E-state index contributed by atoms with van der Waals surface area (Å²) in [4.78, 5) is 91.6. The van der Waals surface area contributed by atoms with E-state index in [4.69, 9.17) is 0 Å². The predicted molar refractivity (Wildman–Crippen MR) is 209 cm³/mol. The van der Waals surface area contributed by atoms with E-state index < -0.39 is 89.9 Å². The highest BCUT2D eigenvalue weighted by Gasteiger charge is 2.38. The number of amides is 5. The van der Waals surface area contributed by atoms with Crippen LogP contribution in [0.3, 0.4) is 0 Å². The van der Waals surface area contributed by atoms with Crippen molar-refractivity contribution in [3.05, 3.63) is 71.8 Å². The van der Waals surface area contributed by atoms with Crippen molar-refractivity contribution in [3.63, 3.8) is 0 Å². The smallest absolute Gasteiger partial charge is 0.327 e. The van der Waals surface area contributed by atoms with Crippen LogP contribution in [0.1, 0.15) is 95.6 Å². The largest absolute Gasteiger partial charge is 0.481 e. The van der Waals surface area contributed by atoms with Gasteiger partial charge in [0.05, 0.1) is 0 Å². The van der Waals surface area contributed by atoms with Gasteiger partial charge < -0.3 is 36.8 Å². The van der Waals surface area contributed by atoms with E-state index in [1.807, 2.05) is 6.92 Å². The molecule has 55 heavy (non-hydrogen) atoms. The molecule has 1 aliphatic rings. The van der Waals surface area contributed by atoms with Crippen LogP contribution in [0.5, 0.6) is 0 Å². The highest BCUT2D eigenvalue weighted by molar-refractivity contribution is 7.80. The number of carboxylic acid groups (broad SMARTS) is 2. The minimum atomic E-state index is -1.37. The molecule has 1 aliphatic carbocycles. The standard InChI is InChI=1S/C40H55N5O9S/c1-4-24(2)34(38(51)42-30(22-26-14-8-5-9-15-26)37(50)43-31(23-55)40(53)54)44-39(52)35(45-36(49)29(41-25(3)46)20-21-32(47)48)33(27-16-10-6-11-17-27)28-18-12-7-13-19-28/h6-7,10-13,16-19,24,26,29-31,33-35,55H,4-5,8-9,14-15,20-23H2,1-3H3,(H,41,46)(H,42,51)(H,43,50)(H,44,52)(H,45,49)(H,47,48)(H,53,54)/t24-,29-,30-,31-,34-,35-/m0/s1. The molecule has 0 aliphatic heterocycles. The van der Waals surface area contributed by atoms with E-state index in [0.717, 1.165) is 32.1 Å². The SMILES string of the molecule is CC[C@H](C)[C@H](NC(=O)[C@@H](NC(=O)[C@H](CCC(=O)O)NC(C)=O)C(c1ccccc1)c1ccccc1)C(=O)N[C@@H](CC1CCCCC1)C(=O)N[C@@H](CS)C(=O)O. The maximum absolute atomic E-state index is 14.7. The van der Waals surface area contributed by atoms with E-state index in [9.17, 15) is 43.8 Å². The van der Waals surface area contributed by atoms with Crippen molar-refractivity contribution in [2.75, 3.05) is 5.75 Å². The Morgan fingerprint density at radius 1 is 0.691 bits per heavy atom. The summed E-state index contributed by atoms with van der Waals surface area (Å²) in [5, 5.41) is 32.3. The van der Waals surface area contributed by atoms with Gasteiger partial charge in [0.2, 0.25) is 29.5 Å². The van der Waals surface area contributed by atoms with E-state index in [2.05, 4.69) is 39.2 Å². The zero-order valence-corrected chi connectivity index (χ0v) is 32.6. The topological polar surface area (TPSA) is 220 Å². The molecule has 0 heterocycles. The molecule has 1 fully saturated rings. The van der Waals surface area contributed by atoms with Gasteiger partial charge in [-0.15, -0.1) is 0 Å². The van der Waals surface area contributed by atoms with Crippen LogP contribution in [-0.2, 0) is 33.6 Å². The van der Waals surface area contributed by atoms with Crippen LogP contribution in [0.2, 0.25) is 0 Å². The molecule has 6 atom stereocenters. The molecular formula is C40H55N5O9S. The highest BCUT2D eigenvalue weighted by Crippen LogP contribution is 2.30. The van der Waals surface area contributed by atoms with Gasteiger partial charge in [0, 0.05) is 25.0 Å². The van der Waals surface area contributed by atoms with Crippen LogP contribution >= 0.6 is 12.6 Å². The Labute approximate surface area is 327 Å². The van der Waals surface area contributed by atoms with E-state index in [0.29, 0.717) is 17.5 Å². The lowest BCUT2D eigenvalue weighted by Crippen LogP contribution is -2.61. The number of nitrogens with one attached hydrogen (secondary N) is 5. The maximum Gasteiger partial charge on any atom is 0.327 e. The molecule has 2 aromatic rings. The monoisotopic (exact) mass is 781 g/mol. The third-order valence-electron chi connectivity index (χ3n) is 10.1. The Hall–Kier alpha value is -4.92. The van der Waals surface area contributed by atoms with Crippen LogP contribution in [-0.4, -0.2) is 87.6 Å². The average molecular weight is 782 g/mol. The first-order chi connectivity index (χ1) is 26.2. The molecule has 3 rings (SSSR count). The Balaban J connectivity index is 2.03. The van der Waals surface area contributed by atoms with Crippen molar-refractivity contribution in [1.82, 2.24) is 26.6 Å². The minimum absolute atomic E-state index is 0.121. The summed E-state index contributed by atoms with van der Waals surface area (Å²) in [6.45, 7) is 4.80. The number of carbonyl (C=O) groups is 7. The lowest BCUT2D eigenvalue weighted by atomic mass is 9.83. The number of rotatable bonds is 21. The number of thiol groups is 1. The number of hydrogen-bond acceptors (Lipinski definition) is 8. The summed E-state index contributed by atoms with van der Waals surface area (Å²) < 4.78 is 0. The van der Waals surface area contributed by atoms with Crippen LogP contribution in [0, 0.1) is 11.8 Å². The highest BCUT2D eigenvalue weighted by atomic mass is 32.1. The molecule has 5 amide bonds. The summed E-state index contributed by atoms with van der Waals surface area (Å²) in [6, 6.07) is 11.7. The second-order valence-electron chi connectivity index (χ2n) is 14.2. The molecule has 0 spiro atoms. The summed E-state index contributed by atoms with van der Waals surface area (Å²) in [5.41, 5.74) is 1.31. The second-order valence-corrected chi connectivity index (χ2v) is 14.6. The van der Waals surface area contributed by atoms with Gasteiger partial charge in [-0.2, -0.15) is 12.6 Å². The van der Waals surface area contributed by atoms with Crippen molar-refractivity contribution in [2.45, 2.75) is 115 Å². The molecule has 1 saturated carbocycles. The third kappa shape index (κ3) is 14.0. The first kappa shape index (κ1) is 44.5. The molecule has 14 nitrogen and oxygen atoms in total. The number of aliphatic carboxylic acids is 2. The summed E-state index contributed by atoms with van der Waals surface area (Å²) in [6.07, 6.45) is 4.78.